The number of halogens is 1. The molecule has 6 aliphatic rings. The molecule has 1 atom stereocenters. The second-order valence-electron chi connectivity index (χ2n) is 18.4. The summed E-state index contributed by atoms with van der Waals surface area (Å²) in [5, 5.41) is 15.0. The molecule has 3 saturated heterocycles. The predicted octanol–water partition coefficient (Wildman–Crippen LogP) is 5.18. The van der Waals surface area contributed by atoms with Crippen LogP contribution in [0.15, 0.2) is 60.7 Å². The smallest absolute Gasteiger partial charge is 0.262 e. The van der Waals surface area contributed by atoms with Crippen LogP contribution in [0.2, 0.25) is 5.02 Å². The van der Waals surface area contributed by atoms with E-state index in [1.165, 1.54) is 0 Å². The lowest BCUT2D eigenvalue weighted by Gasteiger charge is -2.63. The number of piperidine rings is 1. The van der Waals surface area contributed by atoms with Gasteiger partial charge in [-0.15, -0.1) is 0 Å². The summed E-state index contributed by atoms with van der Waals surface area (Å²) < 4.78 is 6.36. The van der Waals surface area contributed by atoms with Crippen LogP contribution >= 0.6 is 11.6 Å². The van der Waals surface area contributed by atoms with Crippen molar-refractivity contribution >= 4 is 46.8 Å². The van der Waals surface area contributed by atoms with Crippen molar-refractivity contribution in [2.75, 3.05) is 31.1 Å². The Balaban J connectivity index is 0.723. The quantitative estimate of drug-likeness (QED) is 0.243. The van der Waals surface area contributed by atoms with Crippen molar-refractivity contribution in [3.05, 3.63) is 93.5 Å². The highest BCUT2D eigenvalue weighted by Gasteiger charge is 2.64. The third-order valence-corrected chi connectivity index (χ3v) is 13.9. The van der Waals surface area contributed by atoms with Crippen LogP contribution in [0.4, 0.5) is 5.69 Å². The van der Waals surface area contributed by atoms with Crippen molar-refractivity contribution in [3.8, 4) is 23.7 Å². The van der Waals surface area contributed by atoms with Crippen LogP contribution in [0.3, 0.4) is 0 Å². The van der Waals surface area contributed by atoms with Gasteiger partial charge in [0.25, 0.3) is 17.7 Å². The fourth-order valence-electron chi connectivity index (χ4n) is 10.7. The summed E-state index contributed by atoms with van der Waals surface area (Å²) in [6.07, 6.45) is 2.28. The molecular formula is C46H45ClN6O6. The summed E-state index contributed by atoms with van der Waals surface area (Å²) in [5.41, 5.74) is 2.89. The molecule has 13 heteroatoms. The van der Waals surface area contributed by atoms with E-state index in [-0.39, 0.29) is 47.1 Å². The Hall–Kier alpha value is -5.69. The molecule has 5 fully saturated rings. The Morgan fingerprint density at radius 1 is 0.915 bits per heavy atom. The van der Waals surface area contributed by atoms with E-state index in [0.717, 1.165) is 55.2 Å². The van der Waals surface area contributed by atoms with Gasteiger partial charge in [-0.3, -0.25) is 39.1 Å². The maximum Gasteiger partial charge on any atom is 0.262 e. The minimum Gasteiger partial charge on any atom is -0.489 e. The van der Waals surface area contributed by atoms with Gasteiger partial charge in [0, 0.05) is 89.7 Å². The number of hydrogen-bond donors (Lipinski definition) is 2. The van der Waals surface area contributed by atoms with E-state index in [0.29, 0.717) is 45.0 Å². The Labute approximate surface area is 348 Å². The maximum absolute atomic E-state index is 13.4. The largest absolute Gasteiger partial charge is 0.489 e. The highest BCUT2D eigenvalue weighted by atomic mass is 35.5. The highest BCUT2D eigenvalue weighted by Crippen LogP contribution is 2.56. The van der Waals surface area contributed by atoms with E-state index in [1.807, 2.05) is 30.3 Å². The lowest BCUT2D eigenvalue weighted by atomic mass is 9.49. The molecule has 4 aliphatic heterocycles. The van der Waals surface area contributed by atoms with Gasteiger partial charge < -0.3 is 15.0 Å². The molecular weight excluding hydrogens is 768 g/mol. The first-order chi connectivity index (χ1) is 28.1. The average molecular weight is 813 g/mol. The Bertz CT molecular complexity index is 2410. The molecule has 1 unspecified atom stereocenters. The molecule has 0 aromatic heterocycles. The number of hydrogen-bond acceptors (Lipinski definition) is 9. The summed E-state index contributed by atoms with van der Waals surface area (Å²) in [6.45, 7) is 12.0. The van der Waals surface area contributed by atoms with Gasteiger partial charge in [0.05, 0.1) is 21.7 Å². The zero-order chi connectivity index (χ0) is 41.6. The lowest BCUT2D eigenvalue weighted by molar-refractivity contribution is -0.164. The van der Waals surface area contributed by atoms with Crippen molar-refractivity contribution in [2.45, 2.75) is 77.6 Å². The fraction of sp³-hybridized carbons (Fsp3) is 0.435. The van der Waals surface area contributed by atoms with Gasteiger partial charge in [0.2, 0.25) is 11.8 Å². The van der Waals surface area contributed by atoms with Crippen molar-refractivity contribution in [1.82, 2.24) is 20.4 Å². The van der Waals surface area contributed by atoms with E-state index >= 15 is 0 Å². The summed E-state index contributed by atoms with van der Waals surface area (Å²) in [6, 6.07) is 19.3. The summed E-state index contributed by atoms with van der Waals surface area (Å²) >= 11 is 6.24. The van der Waals surface area contributed by atoms with Crippen LogP contribution in [0.25, 0.3) is 0 Å². The molecule has 4 heterocycles. The van der Waals surface area contributed by atoms with Gasteiger partial charge in [0.15, 0.2) is 0 Å². The van der Waals surface area contributed by atoms with Gasteiger partial charge in [-0.25, -0.2) is 0 Å². The highest BCUT2D eigenvalue weighted by molar-refractivity contribution is 6.31. The summed E-state index contributed by atoms with van der Waals surface area (Å²) in [7, 11) is 0. The first-order valence-electron chi connectivity index (χ1n) is 20.2. The van der Waals surface area contributed by atoms with Crippen molar-refractivity contribution in [1.29, 1.82) is 5.26 Å². The van der Waals surface area contributed by atoms with E-state index in [2.05, 4.69) is 66.0 Å². The first-order valence-corrected chi connectivity index (χ1v) is 20.6. The number of rotatable bonds is 7. The van der Waals surface area contributed by atoms with Crippen LogP contribution in [0, 0.1) is 45.3 Å². The van der Waals surface area contributed by atoms with Crippen LogP contribution < -0.4 is 20.3 Å². The topological polar surface area (TPSA) is 152 Å². The van der Waals surface area contributed by atoms with E-state index in [9.17, 15) is 29.2 Å². The van der Waals surface area contributed by atoms with Crippen LogP contribution in [0.5, 0.6) is 5.75 Å². The van der Waals surface area contributed by atoms with Gasteiger partial charge >= 0.3 is 0 Å². The van der Waals surface area contributed by atoms with E-state index < -0.39 is 29.7 Å². The number of fused-ring (bicyclic) bond motifs is 1. The van der Waals surface area contributed by atoms with E-state index in [4.69, 9.17) is 16.3 Å². The standard InChI is InChI=1S/C46H45ClN6O6/c1-44(2)42(45(3,4)43(44)59-32-13-11-29(21-48)35(47)18-32)50-38(55)28-9-7-26(8-10-28)5-6-27-22-51(23-27)31-19-46(20-31)24-52(25-46)30-12-14-33-34(17-30)41(58)53(40(33)57)36-15-16-37(54)49-39(36)56/h7-14,17-18,27,31,36,42-43H,15-16,19-20,22-25H2,1-4H3,(H,50,55)(H,49,54,56)/t36?,42-,43-. The molecule has 3 aromatic rings. The van der Waals surface area contributed by atoms with Crippen LogP contribution in [-0.4, -0.2) is 89.7 Å². The minimum absolute atomic E-state index is 0.0917. The Morgan fingerprint density at radius 3 is 2.27 bits per heavy atom. The molecule has 9 rings (SSSR count). The molecule has 302 valence electrons. The number of nitrogens with one attached hydrogen (secondary N) is 2. The number of ether oxygens (including phenoxy) is 1. The number of imide groups is 2. The average Bonchev–Trinajstić information content (AvgIpc) is 3.40. The molecule has 5 amide bonds. The van der Waals surface area contributed by atoms with Crippen LogP contribution in [-0.2, 0) is 9.59 Å². The number of carbonyl (C=O) groups excluding carboxylic acids is 5. The number of anilines is 1. The molecule has 2 N–H and O–H groups in total. The summed E-state index contributed by atoms with van der Waals surface area (Å²) in [4.78, 5) is 69.5. The number of carbonyl (C=O) groups is 5. The van der Waals surface area contributed by atoms with Gasteiger partial charge in [-0.05, 0) is 73.9 Å². The molecule has 0 radical (unpaired) electrons. The predicted molar refractivity (Wildman–Crippen MR) is 219 cm³/mol. The second kappa shape index (κ2) is 14.0. The number of nitriles is 1. The monoisotopic (exact) mass is 812 g/mol. The third-order valence-electron chi connectivity index (χ3n) is 13.6. The first kappa shape index (κ1) is 38.8. The molecule has 12 nitrogen and oxygen atoms in total. The van der Waals surface area contributed by atoms with Gasteiger partial charge in [-0.2, -0.15) is 5.26 Å². The zero-order valence-electron chi connectivity index (χ0n) is 33.4. The summed E-state index contributed by atoms with van der Waals surface area (Å²) in [5.74, 6) is 5.51. The van der Waals surface area contributed by atoms with Crippen LogP contribution in [0.1, 0.15) is 95.6 Å². The third kappa shape index (κ3) is 6.54. The minimum atomic E-state index is -0.971. The second-order valence-corrected chi connectivity index (χ2v) is 18.8. The molecule has 1 spiro atoms. The number of amides is 5. The van der Waals surface area contributed by atoms with E-state index in [1.54, 1.807) is 30.3 Å². The van der Waals surface area contributed by atoms with Crippen molar-refractivity contribution < 1.29 is 28.7 Å². The maximum atomic E-state index is 13.4. The van der Waals surface area contributed by atoms with Crippen molar-refractivity contribution in [2.24, 2.45) is 22.2 Å². The lowest BCUT2D eigenvalue weighted by Crippen LogP contribution is -2.74. The normalized spacial score (nSPS) is 25.3. The van der Waals surface area contributed by atoms with Crippen molar-refractivity contribution in [3.63, 3.8) is 0 Å². The Morgan fingerprint density at radius 2 is 1.61 bits per heavy atom. The molecule has 2 saturated carbocycles. The Kier molecular flexibility index (Phi) is 9.18. The number of nitrogens with zero attached hydrogens (tertiary/aromatic N) is 4. The van der Waals surface area contributed by atoms with Gasteiger partial charge in [-0.1, -0.05) is 51.1 Å². The van der Waals surface area contributed by atoms with Gasteiger partial charge in [0.1, 0.15) is 24.0 Å². The molecule has 0 bridgehead atoms. The number of likely N-dealkylation sites (tertiary alicyclic amines) is 1. The molecule has 59 heavy (non-hydrogen) atoms. The number of benzene rings is 3. The SMILES string of the molecule is CC1(C)[C@H](NC(=O)c2ccc(C#CC3CN(C4CC5(C4)CN(c4ccc6c(c4)C(=O)N(C4CCC(=O)NC4=O)C6=O)C5)C3)cc2)C(C)(C)[C@H]1Oc1ccc(C#N)c(Cl)c1. The molecule has 3 aromatic carbocycles. The fourth-order valence-corrected chi connectivity index (χ4v) is 10.9. The molecule has 2 aliphatic carbocycles. The zero-order valence-corrected chi connectivity index (χ0v) is 34.2.